The minimum atomic E-state index is -0.585. The molecule has 7 heteroatoms. The average Bonchev–Trinajstić information content (AvgIpc) is 3.06. The maximum atomic E-state index is 12.2. The Morgan fingerprint density at radius 2 is 1.64 bits per heavy atom. The Kier molecular flexibility index (Phi) is 5.94. The molecule has 1 aliphatic heterocycles. The second-order valence-corrected chi connectivity index (χ2v) is 7.48. The molecule has 2 aromatic carbocycles. The first-order valence-corrected chi connectivity index (χ1v) is 9.08. The highest BCUT2D eigenvalue weighted by molar-refractivity contribution is 5.91. The number of fused-ring (bicyclic) bond motifs is 1. The highest BCUT2D eigenvalue weighted by Crippen LogP contribution is 2.40. The standard InChI is InChI=1S/C21H26N2O5/c1-21(2,3)28-20(24)23-17-10-19-18(26-13-27-19)9-16(17)22-11-14-5-7-15(8-6-14)12-25-4/h5-10,22H,11-13H2,1-4H3,(H,23,24). The number of anilines is 2. The molecule has 0 saturated heterocycles. The molecule has 1 heterocycles. The first kappa shape index (κ1) is 19.8. The third-order valence-electron chi connectivity index (χ3n) is 3.97. The minimum absolute atomic E-state index is 0.158. The Morgan fingerprint density at radius 1 is 1.04 bits per heavy atom. The van der Waals surface area contributed by atoms with Crippen LogP contribution in [0.5, 0.6) is 11.5 Å². The van der Waals surface area contributed by atoms with Crippen LogP contribution in [0.2, 0.25) is 0 Å². The van der Waals surface area contributed by atoms with E-state index in [1.807, 2.05) is 51.1 Å². The van der Waals surface area contributed by atoms with Crippen LogP contribution in [0.1, 0.15) is 31.9 Å². The molecular weight excluding hydrogens is 360 g/mol. The molecule has 150 valence electrons. The van der Waals surface area contributed by atoms with Crippen molar-refractivity contribution in [2.45, 2.75) is 39.5 Å². The predicted octanol–water partition coefficient (Wildman–Crippen LogP) is 4.52. The number of methoxy groups -OCH3 is 1. The fraction of sp³-hybridized carbons (Fsp3) is 0.381. The van der Waals surface area contributed by atoms with Gasteiger partial charge in [-0.05, 0) is 31.9 Å². The first-order valence-electron chi connectivity index (χ1n) is 9.08. The van der Waals surface area contributed by atoms with Crippen LogP contribution in [-0.4, -0.2) is 25.6 Å². The van der Waals surface area contributed by atoms with Crippen LogP contribution in [0.4, 0.5) is 16.2 Å². The molecule has 3 rings (SSSR count). The van der Waals surface area contributed by atoms with Gasteiger partial charge in [-0.15, -0.1) is 0 Å². The van der Waals surface area contributed by atoms with Gasteiger partial charge in [0.1, 0.15) is 5.60 Å². The lowest BCUT2D eigenvalue weighted by molar-refractivity contribution is 0.0636. The van der Waals surface area contributed by atoms with Gasteiger partial charge in [0.2, 0.25) is 6.79 Å². The van der Waals surface area contributed by atoms with Gasteiger partial charge < -0.3 is 24.3 Å². The summed E-state index contributed by atoms with van der Waals surface area (Å²) in [7, 11) is 1.67. The predicted molar refractivity (Wildman–Crippen MR) is 107 cm³/mol. The van der Waals surface area contributed by atoms with Crippen LogP contribution in [-0.2, 0) is 22.6 Å². The summed E-state index contributed by atoms with van der Waals surface area (Å²) in [5.74, 6) is 1.22. The Labute approximate surface area is 164 Å². The van der Waals surface area contributed by atoms with Crippen molar-refractivity contribution in [3.63, 3.8) is 0 Å². The molecule has 0 atom stereocenters. The van der Waals surface area contributed by atoms with Gasteiger partial charge in [0, 0.05) is 25.8 Å². The summed E-state index contributed by atoms with van der Waals surface area (Å²) in [5, 5.41) is 6.13. The number of rotatable bonds is 6. The zero-order valence-corrected chi connectivity index (χ0v) is 16.6. The van der Waals surface area contributed by atoms with Crippen LogP contribution in [0.25, 0.3) is 0 Å². The Morgan fingerprint density at radius 3 is 2.25 bits per heavy atom. The molecule has 0 radical (unpaired) electrons. The monoisotopic (exact) mass is 386 g/mol. The molecule has 0 spiro atoms. The molecule has 2 N–H and O–H groups in total. The van der Waals surface area contributed by atoms with Crippen LogP contribution in [0, 0.1) is 0 Å². The summed E-state index contributed by atoms with van der Waals surface area (Å²) in [6.07, 6.45) is -0.529. The van der Waals surface area contributed by atoms with E-state index in [0.717, 1.165) is 16.8 Å². The Bertz CT molecular complexity index is 828. The van der Waals surface area contributed by atoms with Crippen molar-refractivity contribution in [2.75, 3.05) is 24.5 Å². The third-order valence-corrected chi connectivity index (χ3v) is 3.97. The maximum absolute atomic E-state index is 12.2. The van der Waals surface area contributed by atoms with Crippen LogP contribution in [0.3, 0.4) is 0 Å². The molecule has 0 aliphatic carbocycles. The smallest absolute Gasteiger partial charge is 0.412 e. The molecule has 28 heavy (non-hydrogen) atoms. The number of nitrogens with one attached hydrogen (secondary N) is 2. The summed E-state index contributed by atoms with van der Waals surface area (Å²) < 4.78 is 21.4. The zero-order chi connectivity index (χ0) is 20.1. The van der Waals surface area contributed by atoms with Crippen molar-refractivity contribution >= 4 is 17.5 Å². The van der Waals surface area contributed by atoms with Crippen LogP contribution < -0.4 is 20.1 Å². The number of ether oxygens (including phenoxy) is 4. The molecule has 1 aliphatic rings. The van der Waals surface area contributed by atoms with Crippen LogP contribution in [0.15, 0.2) is 36.4 Å². The normalized spacial score (nSPS) is 12.6. The second-order valence-electron chi connectivity index (χ2n) is 7.48. The lowest BCUT2D eigenvalue weighted by Gasteiger charge is -2.21. The lowest BCUT2D eigenvalue weighted by atomic mass is 10.1. The molecule has 0 aromatic heterocycles. The van der Waals surface area contributed by atoms with Gasteiger partial charge in [-0.1, -0.05) is 24.3 Å². The molecule has 7 nitrogen and oxygen atoms in total. The Balaban J connectivity index is 1.74. The molecule has 1 amide bonds. The van der Waals surface area contributed by atoms with E-state index in [1.165, 1.54) is 0 Å². The highest BCUT2D eigenvalue weighted by atomic mass is 16.7. The van der Waals surface area contributed by atoms with E-state index < -0.39 is 11.7 Å². The van der Waals surface area contributed by atoms with Crippen molar-refractivity contribution in [2.24, 2.45) is 0 Å². The summed E-state index contributed by atoms with van der Waals surface area (Å²) in [5.41, 5.74) is 2.91. The largest absolute Gasteiger partial charge is 0.454 e. The maximum Gasteiger partial charge on any atom is 0.412 e. The third kappa shape index (κ3) is 5.29. The van der Waals surface area contributed by atoms with Crippen molar-refractivity contribution in [1.82, 2.24) is 0 Å². The van der Waals surface area contributed by atoms with Crippen molar-refractivity contribution in [1.29, 1.82) is 0 Å². The van der Waals surface area contributed by atoms with Crippen molar-refractivity contribution < 1.29 is 23.7 Å². The fourth-order valence-corrected chi connectivity index (χ4v) is 2.72. The number of benzene rings is 2. The number of carbonyl (C=O) groups is 1. The quantitative estimate of drug-likeness (QED) is 0.760. The fourth-order valence-electron chi connectivity index (χ4n) is 2.72. The summed E-state index contributed by atoms with van der Waals surface area (Å²) in [6.45, 7) is 6.78. The highest BCUT2D eigenvalue weighted by Gasteiger charge is 2.21. The number of hydrogen-bond acceptors (Lipinski definition) is 6. The zero-order valence-electron chi connectivity index (χ0n) is 16.6. The van der Waals surface area contributed by atoms with E-state index in [1.54, 1.807) is 13.2 Å². The molecule has 0 bridgehead atoms. The minimum Gasteiger partial charge on any atom is -0.454 e. The van der Waals surface area contributed by atoms with Gasteiger partial charge in [-0.2, -0.15) is 0 Å². The van der Waals surface area contributed by atoms with Crippen molar-refractivity contribution in [3.05, 3.63) is 47.5 Å². The number of amides is 1. The number of hydrogen-bond donors (Lipinski definition) is 2. The lowest BCUT2D eigenvalue weighted by Crippen LogP contribution is -2.27. The Hall–Kier alpha value is -2.93. The molecule has 0 fully saturated rings. The van der Waals surface area contributed by atoms with E-state index in [2.05, 4.69) is 10.6 Å². The van der Waals surface area contributed by atoms with Gasteiger partial charge in [-0.25, -0.2) is 4.79 Å². The summed E-state index contributed by atoms with van der Waals surface area (Å²) in [4.78, 5) is 12.2. The van der Waals surface area contributed by atoms with E-state index in [-0.39, 0.29) is 6.79 Å². The van der Waals surface area contributed by atoms with Crippen molar-refractivity contribution in [3.8, 4) is 11.5 Å². The average molecular weight is 386 g/mol. The summed E-state index contributed by atoms with van der Waals surface area (Å²) in [6, 6.07) is 11.7. The van der Waals surface area contributed by atoms with Gasteiger partial charge in [0.25, 0.3) is 0 Å². The van der Waals surface area contributed by atoms with E-state index in [9.17, 15) is 4.79 Å². The van der Waals surface area contributed by atoms with Crippen LogP contribution >= 0.6 is 0 Å². The molecule has 0 unspecified atom stereocenters. The van der Waals surface area contributed by atoms with E-state index in [4.69, 9.17) is 18.9 Å². The van der Waals surface area contributed by atoms with E-state index in [0.29, 0.717) is 30.3 Å². The summed E-state index contributed by atoms with van der Waals surface area (Å²) >= 11 is 0. The van der Waals surface area contributed by atoms with E-state index >= 15 is 0 Å². The second kappa shape index (κ2) is 8.39. The topological polar surface area (TPSA) is 78.1 Å². The van der Waals surface area contributed by atoms with Gasteiger partial charge >= 0.3 is 6.09 Å². The SMILES string of the molecule is COCc1ccc(CNc2cc3c(cc2NC(=O)OC(C)(C)C)OCO3)cc1. The number of carbonyl (C=O) groups excluding carboxylic acids is 1. The molecular formula is C21H26N2O5. The van der Waals surface area contributed by atoms with Gasteiger partial charge in [-0.3, -0.25) is 5.32 Å². The van der Waals surface area contributed by atoms with Gasteiger partial charge in [0.05, 0.1) is 18.0 Å². The first-order chi connectivity index (χ1) is 13.3. The molecule has 2 aromatic rings. The molecule has 0 saturated carbocycles. The van der Waals surface area contributed by atoms with Gasteiger partial charge in [0.15, 0.2) is 11.5 Å².